The van der Waals surface area contributed by atoms with Gasteiger partial charge in [-0.15, -0.1) is 0 Å². The minimum absolute atomic E-state index is 0.0239. The average molecular weight is 575 g/mol. The van der Waals surface area contributed by atoms with Gasteiger partial charge in [0.25, 0.3) is 15.9 Å². The van der Waals surface area contributed by atoms with E-state index in [0.717, 1.165) is 21.0 Å². The number of carbonyl (C=O) groups is 2. The number of sulfonamides is 1. The number of fused-ring (bicyclic) bond motifs is 1. The van der Waals surface area contributed by atoms with E-state index in [0.29, 0.717) is 18.4 Å². The second-order valence-corrected chi connectivity index (χ2v) is 12.1. The number of nitrogens with zero attached hydrogens (tertiary/aromatic N) is 1. The first-order valence-electron chi connectivity index (χ1n) is 13.3. The Labute approximate surface area is 238 Å². The second kappa shape index (κ2) is 11.8. The first-order valence-corrected chi connectivity index (χ1v) is 14.8. The van der Waals surface area contributed by atoms with Gasteiger partial charge in [-0.05, 0) is 66.1 Å². The van der Waals surface area contributed by atoms with Crippen LogP contribution in [0.3, 0.4) is 0 Å². The standard InChI is InChI=1S/C31H30N2O7S/c34-19-3-4-20-7-9-21(10-8-20)22-11-13-24(14-12-22)29(35)26-16-15-23(28(26)30(36)32-38)17-18-33-31(37)25-5-1-2-6-27(25)41(33,39)40/h1-2,5-14,23,26,28-29,34-35,38H,15-19H2,(H,32,36)/t23-,26?,28-,29-/m0/s1. The summed E-state index contributed by atoms with van der Waals surface area (Å²) in [5, 5.41) is 29.6. The van der Waals surface area contributed by atoms with Gasteiger partial charge in [0.1, 0.15) is 11.5 Å². The molecule has 5 rings (SSSR count). The molecular weight excluding hydrogens is 544 g/mol. The third kappa shape index (κ3) is 5.49. The zero-order valence-electron chi connectivity index (χ0n) is 22.1. The average Bonchev–Trinajstić information content (AvgIpc) is 3.50. The summed E-state index contributed by atoms with van der Waals surface area (Å²) >= 11 is 0. The number of nitrogens with one attached hydrogen (secondary N) is 1. The topological polar surface area (TPSA) is 144 Å². The largest absolute Gasteiger partial charge is 0.388 e. The van der Waals surface area contributed by atoms with Crippen LogP contribution in [0.15, 0.2) is 77.7 Å². The van der Waals surface area contributed by atoms with Crippen LogP contribution in [0.1, 0.15) is 46.9 Å². The van der Waals surface area contributed by atoms with E-state index < -0.39 is 39.8 Å². The minimum Gasteiger partial charge on any atom is -0.388 e. The molecule has 1 heterocycles. The maximum atomic E-state index is 12.9. The fourth-order valence-electron chi connectivity index (χ4n) is 6.02. The zero-order chi connectivity index (χ0) is 29.1. The molecule has 41 heavy (non-hydrogen) atoms. The maximum absolute atomic E-state index is 12.9. The maximum Gasteiger partial charge on any atom is 0.269 e. The van der Waals surface area contributed by atoms with Gasteiger partial charge in [-0.3, -0.25) is 14.8 Å². The van der Waals surface area contributed by atoms with Crippen molar-refractivity contribution >= 4 is 21.8 Å². The second-order valence-electron chi connectivity index (χ2n) is 10.3. The molecule has 4 N–H and O–H groups in total. The fraction of sp³-hybridized carbons (Fsp3) is 0.290. The Hall–Kier alpha value is -4.01. The Balaban J connectivity index is 1.29. The summed E-state index contributed by atoms with van der Waals surface area (Å²) in [6.07, 6.45) is 0.244. The van der Waals surface area contributed by atoms with Crippen LogP contribution in [-0.4, -0.2) is 53.1 Å². The lowest BCUT2D eigenvalue weighted by Crippen LogP contribution is -2.38. The fourth-order valence-corrected chi connectivity index (χ4v) is 7.60. The lowest BCUT2D eigenvalue weighted by Gasteiger charge is -2.28. The van der Waals surface area contributed by atoms with Crippen LogP contribution in [0.4, 0.5) is 0 Å². The van der Waals surface area contributed by atoms with Crippen molar-refractivity contribution in [3.63, 3.8) is 0 Å². The molecule has 1 aliphatic carbocycles. The third-order valence-corrected chi connectivity index (χ3v) is 9.90. The molecule has 1 saturated carbocycles. The number of aliphatic hydroxyl groups is 2. The molecular formula is C31H30N2O7S. The van der Waals surface area contributed by atoms with E-state index in [1.807, 2.05) is 36.4 Å². The Morgan fingerprint density at radius 1 is 1.00 bits per heavy atom. The Morgan fingerprint density at radius 3 is 2.29 bits per heavy atom. The van der Waals surface area contributed by atoms with Gasteiger partial charge < -0.3 is 10.2 Å². The van der Waals surface area contributed by atoms with Gasteiger partial charge >= 0.3 is 0 Å². The summed E-state index contributed by atoms with van der Waals surface area (Å²) in [5.74, 6) is 2.60. The number of hydrogen-bond donors (Lipinski definition) is 4. The number of amides is 2. The Kier molecular flexibility index (Phi) is 8.24. The van der Waals surface area contributed by atoms with Crippen LogP contribution in [0.2, 0.25) is 0 Å². The van der Waals surface area contributed by atoms with E-state index in [1.165, 1.54) is 12.1 Å². The number of benzene rings is 3. The Bertz CT molecular complexity index is 1610. The van der Waals surface area contributed by atoms with Crippen molar-refractivity contribution in [2.75, 3.05) is 13.2 Å². The number of aliphatic hydroxyl groups excluding tert-OH is 2. The van der Waals surface area contributed by atoms with Crippen LogP contribution in [0.5, 0.6) is 0 Å². The lowest BCUT2D eigenvalue weighted by atomic mass is 9.81. The molecule has 0 spiro atoms. The molecule has 3 aromatic carbocycles. The molecule has 10 heteroatoms. The summed E-state index contributed by atoms with van der Waals surface area (Å²) in [6, 6.07) is 21.0. The van der Waals surface area contributed by atoms with Crippen molar-refractivity contribution in [3.05, 3.63) is 89.5 Å². The third-order valence-electron chi connectivity index (χ3n) is 8.06. The van der Waals surface area contributed by atoms with Crippen molar-refractivity contribution in [1.29, 1.82) is 0 Å². The van der Waals surface area contributed by atoms with Crippen LogP contribution >= 0.6 is 0 Å². The highest BCUT2D eigenvalue weighted by Gasteiger charge is 2.46. The van der Waals surface area contributed by atoms with Gasteiger partial charge in [0.05, 0.1) is 11.7 Å². The monoisotopic (exact) mass is 574 g/mol. The van der Waals surface area contributed by atoms with E-state index >= 15 is 0 Å². The summed E-state index contributed by atoms with van der Waals surface area (Å²) in [6.45, 7) is -0.305. The molecule has 1 unspecified atom stereocenters. The molecule has 1 aliphatic heterocycles. The van der Waals surface area contributed by atoms with Gasteiger partial charge in [-0.2, -0.15) is 0 Å². The highest BCUT2D eigenvalue weighted by atomic mass is 32.2. The van der Waals surface area contributed by atoms with E-state index in [-0.39, 0.29) is 35.9 Å². The summed E-state index contributed by atoms with van der Waals surface area (Å²) < 4.78 is 26.7. The highest BCUT2D eigenvalue weighted by molar-refractivity contribution is 7.90. The number of hydroxylamine groups is 1. The summed E-state index contributed by atoms with van der Waals surface area (Å²) in [4.78, 5) is 25.6. The SMILES string of the molecule is O=C(NO)[C@@H]1C([C@@H](O)c2ccc(-c3ccc(C#CCO)cc3)cc2)CC[C@H]1CCN1C(=O)c2ccccc2S1(=O)=O. The van der Waals surface area contributed by atoms with Gasteiger partial charge in [0.2, 0.25) is 5.91 Å². The van der Waals surface area contributed by atoms with E-state index in [9.17, 15) is 28.3 Å². The van der Waals surface area contributed by atoms with Crippen LogP contribution < -0.4 is 5.48 Å². The van der Waals surface area contributed by atoms with Gasteiger partial charge in [-0.25, -0.2) is 18.2 Å². The predicted octanol–water partition coefficient (Wildman–Crippen LogP) is 3.11. The minimum atomic E-state index is -3.97. The van der Waals surface area contributed by atoms with Gasteiger partial charge in [-0.1, -0.05) is 60.4 Å². The van der Waals surface area contributed by atoms with Crippen molar-refractivity contribution in [2.24, 2.45) is 17.8 Å². The molecule has 4 atom stereocenters. The number of rotatable bonds is 7. The van der Waals surface area contributed by atoms with Crippen molar-refractivity contribution in [2.45, 2.75) is 30.3 Å². The molecule has 3 aromatic rings. The highest BCUT2D eigenvalue weighted by Crippen LogP contribution is 2.46. The molecule has 1 fully saturated rings. The first kappa shape index (κ1) is 28.5. The molecule has 2 amide bonds. The van der Waals surface area contributed by atoms with Gasteiger partial charge in [0.15, 0.2) is 0 Å². The lowest BCUT2D eigenvalue weighted by molar-refractivity contribution is -0.137. The van der Waals surface area contributed by atoms with E-state index in [1.54, 1.807) is 29.7 Å². The molecule has 212 valence electrons. The van der Waals surface area contributed by atoms with Crippen LogP contribution in [0.25, 0.3) is 11.1 Å². The Morgan fingerprint density at radius 2 is 1.66 bits per heavy atom. The van der Waals surface area contributed by atoms with Crippen molar-refractivity contribution in [3.8, 4) is 23.0 Å². The van der Waals surface area contributed by atoms with Crippen LogP contribution in [-0.2, 0) is 14.8 Å². The molecule has 2 aliphatic rings. The zero-order valence-corrected chi connectivity index (χ0v) is 22.9. The quantitative estimate of drug-likeness (QED) is 0.193. The first-order chi connectivity index (χ1) is 19.8. The molecule has 0 saturated heterocycles. The van der Waals surface area contributed by atoms with Crippen LogP contribution in [0, 0.1) is 29.6 Å². The van der Waals surface area contributed by atoms with Crippen molar-refractivity contribution in [1.82, 2.24) is 9.79 Å². The molecule has 9 nitrogen and oxygen atoms in total. The summed E-state index contributed by atoms with van der Waals surface area (Å²) in [5.41, 5.74) is 5.13. The van der Waals surface area contributed by atoms with E-state index in [2.05, 4.69) is 11.8 Å². The normalized spacial score (nSPS) is 21.6. The summed E-state index contributed by atoms with van der Waals surface area (Å²) in [7, 11) is -3.97. The van der Waals surface area contributed by atoms with Gasteiger partial charge in [0, 0.05) is 23.9 Å². The molecule has 0 aromatic heterocycles. The number of carbonyl (C=O) groups excluding carboxylic acids is 2. The predicted molar refractivity (Wildman–Crippen MR) is 150 cm³/mol. The smallest absolute Gasteiger partial charge is 0.269 e. The molecule has 0 bridgehead atoms. The molecule has 0 radical (unpaired) electrons. The number of hydrogen-bond acceptors (Lipinski definition) is 7. The van der Waals surface area contributed by atoms with Crippen molar-refractivity contribution < 1.29 is 33.4 Å². The van der Waals surface area contributed by atoms with E-state index in [4.69, 9.17) is 5.11 Å².